The van der Waals surface area contributed by atoms with E-state index < -0.39 is 0 Å². The maximum Gasteiger partial charge on any atom is 0.206 e. The minimum Gasteiger partial charge on any atom is -0.382 e. The van der Waals surface area contributed by atoms with E-state index in [9.17, 15) is 0 Å². The summed E-state index contributed by atoms with van der Waals surface area (Å²) >= 11 is 0. The van der Waals surface area contributed by atoms with Crippen LogP contribution >= 0.6 is 0 Å². The predicted molar refractivity (Wildman–Crippen MR) is 75.5 cm³/mol. The summed E-state index contributed by atoms with van der Waals surface area (Å²) in [5.74, 6) is 6.01. The number of nitrogens with one attached hydrogen (secondary N) is 2. The molecule has 7 nitrogen and oxygen atoms in total. The molecule has 0 aromatic carbocycles. The first kappa shape index (κ1) is 15.5. The molecule has 0 fully saturated rings. The van der Waals surface area contributed by atoms with Gasteiger partial charge < -0.3 is 10.1 Å². The smallest absolute Gasteiger partial charge is 0.206 e. The van der Waals surface area contributed by atoms with Gasteiger partial charge in [-0.1, -0.05) is 0 Å². The maximum atomic E-state index is 5.43. The Hall–Kier alpha value is -1.60. The zero-order valence-corrected chi connectivity index (χ0v) is 11.9. The SMILES string of the molecule is CCOCCCNC(=NCc1cnn(C)c1C)NN. The summed E-state index contributed by atoms with van der Waals surface area (Å²) in [6.45, 7) is 6.81. The zero-order valence-electron chi connectivity index (χ0n) is 11.9. The standard InChI is InChI=1S/C12H24N6O/c1-4-19-7-5-6-14-12(17-13)15-8-11-9-16-18(3)10(11)2/h9H,4-8,13H2,1-3H3,(H2,14,15,17). The predicted octanol–water partition coefficient (Wildman–Crippen LogP) is 0.0640. The average Bonchev–Trinajstić information content (AvgIpc) is 2.73. The molecule has 7 heteroatoms. The second-order valence-electron chi connectivity index (χ2n) is 4.17. The minimum atomic E-state index is 0.553. The van der Waals surface area contributed by atoms with Crippen molar-refractivity contribution in [3.8, 4) is 0 Å². The van der Waals surface area contributed by atoms with Crippen LogP contribution in [0.25, 0.3) is 0 Å². The highest BCUT2D eigenvalue weighted by atomic mass is 16.5. The van der Waals surface area contributed by atoms with Crippen LogP contribution in [-0.2, 0) is 18.3 Å². The van der Waals surface area contributed by atoms with Crippen molar-refractivity contribution in [3.05, 3.63) is 17.5 Å². The van der Waals surface area contributed by atoms with E-state index >= 15 is 0 Å². The fourth-order valence-electron chi connectivity index (χ4n) is 1.54. The summed E-state index contributed by atoms with van der Waals surface area (Å²) in [7, 11) is 1.91. The number of aryl methyl sites for hydroxylation is 1. The van der Waals surface area contributed by atoms with E-state index in [-0.39, 0.29) is 0 Å². The van der Waals surface area contributed by atoms with Crippen LogP contribution in [0.15, 0.2) is 11.2 Å². The van der Waals surface area contributed by atoms with Gasteiger partial charge in [0.15, 0.2) is 0 Å². The number of hydrogen-bond donors (Lipinski definition) is 3. The number of rotatable bonds is 7. The number of guanidine groups is 1. The van der Waals surface area contributed by atoms with E-state index in [1.165, 1.54) is 0 Å². The Balaban J connectivity index is 2.37. The Bertz CT molecular complexity index is 401. The molecule has 0 aliphatic carbocycles. The number of ether oxygens (including phenoxy) is 1. The van der Waals surface area contributed by atoms with Crippen molar-refractivity contribution >= 4 is 5.96 Å². The summed E-state index contributed by atoms with van der Waals surface area (Å²) in [6.07, 6.45) is 2.74. The summed E-state index contributed by atoms with van der Waals surface area (Å²) in [5, 5.41) is 7.31. The summed E-state index contributed by atoms with van der Waals surface area (Å²) in [6, 6.07) is 0. The number of aliphatic imine (C=N–C) groups is 1. The molecule has 1 aromatic rings. The van der Waals surface area contributed by atoms with Crippen LogP contribution in [0.2, 0.25) is 0 Å². The van der Waals surface area contributed by atoms with Gasteiger partial charge in [-0.25, -0.2) is 10.8 Å². The van der Waals surface area contributed by atoms with Crippen molar-refractivity contribution in [2.24, 2.45) is 17.9 Å². The van der Waals surface area contributed by atoms with Crippen LogP contribution < -0.4 is 16.6 Å². The Labute approximate surface area is 114 Å². The third-order valence-corrected chi connectivity index (χ3v) is 2.84. The highest BCUT2D eigenvalue weighted by Crippen LogP contribution is 2.06. The molecule has 1 aromatic heterocycles. The third kappa shape index (κ3) is 5.27. The molecule has 19 heavy (non-hydrogen) atoms. The number of nitrogens with two attached hydrogens (primary N) is 1. The first-order chi connectivity index (χ1) is 9.19. The van der Waals surface area contributed by atoms with Crippen molar-refractivity contribution in [3.63, 3.8) is 0 Å². The lowest BCUT2D eigenvalue weighted by atomic mass is 10.3. The highest BCUT2D eigenvalue weighted by Gasteiger charge is 2.03. The molecule has 0 atom stereocenters. The lowest BCUT2D eigenvalue weighted by Crippen LogP contribution is -2.42. The highest BCUT2D eigenvalue weighted by molar-refractivity contribution is 5.79. The lowest BCUT2D eigenvalue weighted by molar-refractivity contribution is 0.145. The number of hydrazine groups is 1. The molecule has 0 unspecified atom stereocenters. The molecule has 0 spiro atoms. The first-order valence-electron chi connectivity index (χ1n) is 6.49. The van der Waals surface area contributed by atoms with Gasteiger partial charge in [-0.15, -0.1) is 0 Å². The third-order valence-electron chi connectivity index (χ3n) is 2.84. The van der Waals surface area contributed by atoms with Crippen molar-refractivity contribution in [2.45, 2.75) is 26.8 Å². The monoisotopic (exact) mass is 268 g/mol. The van der Waals surface area contributed by atoms with E-state index in [1.54, 1.807) is 0 Å². The molecule has 4 N–H and O–H groups in total. The van der Waals surface area contributed by atoms with Crippen LogP contribution in [0.1, 0.15) is 24.6 Å². The van der Waals surface area contributed by atoms with E-state index in [0.29, 0.717) is 12.5 Å². The van der Waals surface area contributed by atoms with Gasteiger partial charge in [0, 0.05) is 38.1 Å². The van der Waals surface area contributed by atoms with Gasteiger partial charge in [-0.2, -0.15) is 5.10 Å². The van der Waals surface area contributed by atoms with Gasteiger partial charge in [0.05, 0.1) is 12.7 Å². The first-order valence-corrected chi connectivity index (χ1v) is 6.49. The number of nitrogens with zero attached hydrogens (tertiary/aromatic N) is 3. The molecule has 1 rings (SSSR count). The van der Waals surface area contributed by atoms with Crippen LogP contribution in [0.3, 0.4) is 0 Å². The molecule has 0 aliphatic rings. The van der Waals surface area contributed by atoms with E-state index in [2.05, 4.69) is 20.8 Å². The van der Waals surface area contributed by atoms with Crippen molar-refractivity contribution < 1.29 is 4.74 Å². The van der Waals surface area contributed by atoms with Gasteiger partial charge in [-0.05, 0) is 20.3 Å². The van der Waals surface area contributed by atoms with Crippen LogP contribution in [0.5, 0.6) is 0 Å². The van der Waals surface area contributed by atoms with E-state index in [0.717, 1.165) is 37.4 Å². The summed E-state index contributed by atoms with van der Waals surface area (Å²) < 4.78 is 7.08. The van der Waals surface area contributed by atoms with Crippen LogP contribution in [-0.4, -0.2) is 35.5 Å². The van der Waals surface area contributed by atoms with E-state index in [4.69, 9.17) is 10.6 Å². The van der Waals surface area contributed by atoms with Gasteiger partial charge >= 0.3 is 0 Å². The molecule has 0 saturated heterocycles. The maximum absolute atomic E-state index is 5.43. The Morgan fingerprint density at radius 1 is 1.58 bits per heavy atom. The van der Waals surface area contributed by atoms with Crippen molar-refractivity contribution in [1.82, 2.24) is 20.5 Å². The topological polar surface area (TPSA) is 89.5 Å². The molecule has 108 valence electrons. The van der Waals surface area contributed by atoms with Gasteiger partial charge in [0.1, 0.15) is 0 Å². The van der Waals surface area contributed by atoms with Crippen LogP contribution in [0, 0.1) is 6.92 Å². The second-order valence-corrected chi connectivity index (χ2v) is 4.17. The summed E-state index contributed by atoms with van der Waals surface area (Å²) in [5.41, 5.74) is 4.76. The van der Waals surface area contributed by atoms with Gasteiger partial charge in [0.2, 0.25) is 5.96 Å². The molecule has 0 amide bonds. The average molecular weight is 268 g/mol. The molecule has 1 heterocycles. The Morgan fingerprint density at radius 2 is 2.37 bits per heavy atom. The zero-order chi connectivity index (χ0) is 14.1. The second kappa shape index (κ2) is 8.49. The number of hydrogen-bond acceptors (Lipinski definition) is 4. The molecule has 0 radical (unpaired) electrons. The molecule has 0 bridgehead atoms. The van der Waals surface area contributed by atoms with E-state index in [1.807, 2.05) is 31.8 Å². The van der Waals surface area contributed by atoms with Crippen molar-refractivity contribution in [2.75, 3.05) is 19.8 Å². The van der Waals surface area contributed by atoms with Crippen LogP contribution in [0.4, 0.5) is 0 Å². The quantitative estimate of drug-likeness (QED) is 0.214. The molecule has 0 aliphatic heterocycles. The summed E-state index contributed by atoms with van der Waals surface area (Å²) in [4.78, 5) is 4.38. The molecular weight excluding hydrogens is 244 g/mol. The largest absolute Gasteiger partial charge is 0.382 e. The molecule has 0 saturated carbocycles. The van der Waals surface area contributed by atoms with Gasteiger partial charge in [-0.3, -0.25) is 10.1 Å². The van der Waals surface area contributed by atoms with Crippen molar-refractivity contribution in [1.29, 1.82) is 0 Å². The molecular formula is C12H24N6O. The Morgan fingerprint density at radius 3 is 2.95 bits per heavy atom. The van der Waals surface area contributed by atoms with Gasteiger partial charge in [0.25, 0.3) is 0 Å². The minimum absolute atomic E-state index is 0.553. The fraction of sp³-hybridized carbons (Fsp3) is 0.667. The number of aromatic nitrogens is 2. The Kier molecular flexibility index (Phi) is 6.91. The fourth-order valence-corrected chi connectivity index (χ4v) is 1.54. The lowest BCUT2D eigenvalue weighted by Gasteiger charge is -2.09. The normalized spacial score (nSPS) is 11.7.